The van der Waals surface area contributed by atoms with Gasteiger partial charge in [-0.15, -0.1) is 11.3 Å². The third-order valence-corrected chi connectivity index (χ3v) is 4.50. The Morgan fingerprint density at radius 3 is 2.78 bits per heavy atom. The Balaban J connectivity index is 1.88. The van der Waals surface area contributed by atoms with E-state index in [1.165, 1.54) is 24.2 Å². The summed E-state index contributed by atoms with van der Waals surface area (Å²) in [6, 6.07) is 0.300. The van der Waals surface area contributed by atoms with E-state index in [0.29, 0.717) is 23.7 Å². The molecule has 18 heavy (non-hydrogen) atoms. The van der Waals surface area contributed by atoms with Gasteiger partial charge >= 0.3 is 0 Å². The summed E-state index contributed by atoms with van der Waals surface area (Å²) in [5, 5.41) is 5.67. The second-order valence-electron chi connectivity index (χ2n) is 5.74. The molecule has 0 spiro atoms. The number of carbonyl (C=O) groups excluding carboxylic acids is 1. The molecule has 0 bridgehead atoms. The van der Waals surface area contributed by atoms with Crippen LogP contribution in [0.5, 0.6) is 0 Å². The first-order valence-electron chi connectivity index (χ1n) is 6.45. The number of carbonyl (C=O) groups is 1. The number of thiazole rings is 1. The van der Waals surface area contributed by atoms with Gasteiger partial charge < -0.3 is 11.1 Å². The lowest BCUT2D eigenvalue weighted by Gasteiger charge is -2.34. The van der Waals surface area contributed by atoms with Gasteiger partial charge in [-0.05, 0) is 31.1 Å². The highest BCUT2D eigenvalue weighted by atomic mass is 32.1. The van der Waals surface area contributed by atoms with E-state index in [0.717, 1.165) is 17.8 Å². The van der Waals surface area contributed by atoms with E-state index < -0.39 is 0 Å². The number of nitrogens with zero attached hydrogens (tertiary/aromatic N) is 1. The summed E-state index contributed by atoms with van der Waals surface area (Å²) >= 11 is 1.44. The number of nitrogens with one attached hydrogen (secondary N) is 1. The van der Waals surface area contributed by atoms with Gasteiger partial charge in [0.2, 0.25) is 0 Å². The van der Waals surface area contributed by atoms with Crippen LogP contribution in [-0.2, 0) is 6.54 Å². The normalized spacial score (nSPS) is 19.7. The molecule has 1 fully saturated rings. The van der Waals surface area contributed by atoms with Gasteiger partial charge in [-0.3, -0.25) is 4.79 Å². The molecule has 1 heterocycles. The average molecular weight is 267 g/mol. The molecule has 3 N–H and O–H groups in total. The van der Waals surface area contributed by atoms with Crippen LogP contribution in [0, 0.1) is 5.41 Å². The maximum absolute atomic E-state index is 12.0. The topological polar surface area (TPSA) is 68.0 Å². The summed E-state index contributed by atoms with van der Waals surface area (Å²) < 4.78 is 0. The maximum Gasteiger partial charge on any atom is 0.270 e. The molecule has 1 saturated carbocycles. The fraction of sp³-hybridized carbons (Fsp3) is 0.692. The van der Waals surface area contributed by atoms with Crippen LogP contribution in [0.1, 0.15) is 55.0 Å². The second kappa shape index (κ2) is 5.36. The molecule has 1 aliphatic rings. The Morgan fingerprint density at radius 2 is 2.22 bits per heavy atom. The molecule has 0 saturated heterocycles. The first-order chi connectivity index (χ1) is 8.50. The van der Waals surface area contributed by atoms with E-state index in [-0.39, 0.29) is 5.91 Å². The minimum absolute atomic E-state index is 0.0596. The van der Waals surface area contributed by atoms with E-state index in [1.54, 1.807) is 5.38 Å². The number of aromatic nitrogens is 1. The first kappa shape index (κ1) is 13.5. The van der Waals surface area contributed by atoms with Crippen molar-refractivity contribution >= 4 is 17.2 Å². The number of rotatable bonds is 3. The van der Waals surface area contributed by atoms with Crippen LogP contribution in [-0.4, -0.2) is 16.9 Å². The Kier molecular flexibility index (Phi) is 4.02. The fourth-order valence-corrected chi connectivity index (χ4v) is 2.97. The molecule has 0 unspecified atom stereocenters. The zero-order chi connectivity index (χ0) is 13.2. The average Bonchev–Trinajstić information content (AvgIpc) is 2.80. The quantitative estimate of drug-likeness (QED) is 0.883. The Hall–Kier alpha value is -0.940. The van der Waals surface area contributed by atoms with E-state index in [4.69, 9.17) is 5.73 Å². The van der Waals surface area contributed by atoms with Crippen molar-refractivity contribution in [3.63, 3.8) is 0 Å². The van der Waals surface area contributed by atoms with Gasteiger partial charge in [0, 0.05) is 18.0 Å². The van der Waals surface area contributed by atoms with Crippen molar-refractivity contribution in [1.29, 1.82) is 0 Å². The van der Waals surface area contributed by atoms with Gasteiger partial charge in [0.1, 0.15) is 10.7 Å². The molecule has 4 nitrogen and oxygen atoms in total. The van der Waals surface area contributed by atoms with Crippen LogP contribution in [0.2, 0.25) is 0 Å². The highest BCUT2D eigenvalue weighted by molar-refractivity contribution is 7.09. The Labute approximate surface area is 112 Å². The number of hydrogen-bond donors (Lipinski definition) is 2. The Morgan fingerprint density at radius 1 is 1.56 bits per heavy atom. The maximum atomic E-state index is 12.0. The lowest BCUT2D eigenvalue weighted by molar-refractivity contribution is 0.0904. The molecule has 0 atom stereocenters. The van der Waals surface area contributed by atoms with Crippen molar-refractivity contribution in [2.24, 2.45) is 11.1 Å². The molecule has 0 aromatic carbocycles. The van der Waals surface area contributed by atoms with E-state index in [9.17, 15) is 4.79 Å². The van der Waals surface area contributed by atoms with E-state index >= 15 is 0 Å². The Bertz CT molecular complexity index is 418. The number of amides is 1. The van der Waals surface area contributed by atoms with Gasteiger partial charge in [0.15, 0.2) is 0 Å². The van der Waals surface area contributed by atoms with Gasteiger partial charge in [0.25, 0.3) is 5.91 Å². The zero-order valence-corrected chi connectivity index (χ0v) is 11.8. The van der Waals surface area contributed by atoms with Gasteiger partial charge in [-0.2, -0.15) is 0 Å². The second-order valence-corrected chi connectivity index (χ2v) is 6.69. The molecule has 1 aromatic heterocycles. The summed E-state index contributed by atoms with van der Waals surface area (Å²) in [6.07, 6.45) is 4.46. The highest BCUT2D eigenvalue weighted by Gasteiger charge is 2.28. The van der Waals surface area contributed by atoms with Crippen LogP contribution in [0.3, 0.4) is 0 Å². The van der Waals surface area contributed by atoms with E-state index in [2.05, 4.69) is 24.1 Å². The predicted molar refractivity (Wildman–Crippen MR) is 73.5 cm³/mol. The van der Waals surface area contributed by atoms with Crippen molar-refractivity contribution in [3.05, 3.63) is 16.1 Å². The first-order valence-corrected chi connectivity index (χ1v) is 7.33. The minimum atomic E-state index is -0.0596. The van der Waals surface area contributed by atoms with Crippen LogP contribution in [0.25, 0.3) is 0 Å². The molecule has 1 amide bonds. The largest absolute Gasteiger partial charge is 0.348 e. The van der Waals surface area contributed by atoms with Crippen LogP contribution in [0.4, 0.5) is 0 Å². The molecular formula is C13H21N3OS. The molecular weight excluding hydrogens is 246 g/mol. The zero-order valence-electron chi connectivity index (χ0n) is 11.0. The van der Waals surface area contributed by atoms with Crippen molar-refractivity contribution in [3.8, 4) is 0 Å². The highest BCUT2D eigenvalue weighted by Crippen LogP contribution is 2.35. The number of nitrogens with two attached hydrogens (primary N) is 1. The van der Waals surface area contributed by atoms with Gasteiger partial charge in [-0.25, -0.2) is 4.98 Å². The summed E-state index contributed by atoms with van der Waals surface area (Å²) in [5.41, 5.74) is 6.42. The van der Waals surface area contributed by atoms with Gasteiger partial charge in [-0.1, -0.05) is 13.8 Å². The lowest BCUT2D eigenvalue weighted by atomic mass is 9.75. The van der Waals surface area contributed by atoms with Crippen molar-refractivity contribution < 1.29 is 4.79 Å². The number of hydrogen-bond acceptors (Lipinski definition) is 4. The molecule has 2 rings (SSSR count). The molecule has 5 heteroatoms. The fourth-order valence-electron chi connectivity index (χ4n) is 2.31. The molecule has 0 radical (unpaired) electrons. The monoisotopic (exact) mass is 267 g/mol. The molecule has 0 aliphatic heterocycles. The van der Waals surface area contributed by atoms with Crippen molar-refractivity contribution in [1.82, 2.24) is 10.3 Å². The summed E-state index contributed by atoms with van der Waals surface area (Å²) in [6.45, 7) is 4.98. The smallest absolute Gasteiger partial charge is 0.270 e. The molecule has 1 aromatic rings. The SMILES string of the molecule is CC1(C)CCC(NC(=O)c2csc(CN)n2)CC1. The molecule has 1 aliphatic carbocycles. The van der Waals surface area contributed by atoms with Crippen molar-refractivity contribution in [2.75, 3.05) is 0 Å². The third kappa shape index (κ3) is 3.29. The summed E-state index contributed by atoms with van der Waals surface area (Å²) in [4.78, 5) is 16.2. The van der Waals surface area contributed by atoms with Gasteiger partial charge in [0.05, 0.1) is 0 Å². The summed E-state index contributed by atoms with van der Waals surface area (Å²) in [7, 11) is 0. The van der Waals surface area contributed by atoms with Crippen molar-refractivity contribution in [2.45, 2.75) is 52.1 Å². The lowest BCUT2D eigenvalue weighted by Crippen LogP contribution is -2.39. The van der Waals surface area contributed by atoms with Crippen LogP contribution >= 0.6 is 11.3 Å². The third-order valence-electron chi connectivity index (χ3n) is 3.63. The van der Waals surface area contributed by atoms with Crippen LogP contribution in [0.15, 0.2) is 5.38 Å². The standard InChI is InChI=1S/C13H21N3OS/c1-13(2)5-3-9(4-6-13)15-12(17)10-8-18-11(7-14)16-10/h8-9H,3-7,14H2,1-2H3,(H,15,17). The minimum Gasteiger partial charge on any atom is -0.348 e. The predicted octanol–water partition coefficient (Wildman–Crippen LogP) is 2.30. The summed E-state index contributed by atoms with van der Waals surface area (Å²) in [5.74, 6) is -0.0596. The van der Waals surface area contributed by atoms with Crippen LogP contribution < -0.4 is 11.1 Å². The molecule has 100 valence electrons. The van der Waals surface area contributed by atoms with E-state index in [1.807, 2.05) is 0 Å².